The largest absolute Gasteiger partial charge is 0.372 e. The summed E-state index contributed by atoms with van der Waals surface area (Å²) in [7, 11) is 0. The summed E-state index contributed by atoms with van der Waals surface area (Å²) >= 11 is 0. The van der Waals surface area contributed by atoms with E-state index in [1.807, 2.05) is 24.4 Å². The van der Waals surface area contributed by atoms with Crippen molar-refractivity contribution in [3.05, 3.63) is 36.3 Å². The lowest BCUT2D eigenvalue weighted by atomic mass is 9.92. The van der Waals surface area contributed by atoms with Gasteiger partial charge < -0.3 is 14.5 Å². The van der Waals surface area contributed by atoms with Gasteiger partial charge >= 0.3 is 0 Å². The second kappa shape index (κ2) is 5.94. The van der Waals surface area contributed by atoms with Crippen molar-refractivity contribution >= 4 is 5.65 Å². The number of pyridine rings is 1. The number of aromatic nitrogens is 2. The molecule has 2 aromatic heterocycles. The normalized spacial score (nSPS) is 23.6. The third-order valence-corrected chi connectivity index (χ3v) is 3.91. The molecule has 1 N–H and O–H groups in total. The van der Waals surface area contributed by atoms with Gasteiger partial charge in [-0.05, 0) is 25.0 Å². The fourth-order valence-corrected chi connectivity index (χ4v) is 2.86. The smallest absolute Gasteiger partial charge is 0.137 e. The summed E-state index contributed by atoms with van der Waals surface area (Å²) < 4.78 is 8.09. The standard InChI is InChI=1S/C16H23N3O/c1-12(2)17-10-13-6-5-9-20-16(13)14-11-19-8-4-3-7-15(19)18-14/h3-4,7-8,11-13,16-17H,5-6,9-10H2,1-2H3. The van der Waals surface area contributed by atoms with Crippen LogP contribution in [0.1, 0.15) is 38.5 Å². The quantitative estimate of drug-likeness (QED) is 0.931. The van der Waals surface area contributed by atoms with Crippen LogP contribution in [-0.4, -0.2) is 28.6 Å². The summed E-state index contributed by atoms with van der Waals surface area (Å²) in [6, 6.07) is 6.59. The van der Waals surface area contributed by atoms with Crippen molar-refractivity contribution < 1.29 is 4.74 Å². The summed E-state index contributed by atoms with van der Waals surface area (Å²) in [6.07, 6.45) is 6.62. The zero-order valence-corrected chi connectivity index (χ0v) is 12.2. The number of hydrogen-bond acceptors (Lipinski definition) is 3. The van der Waals surface area contributed by atoms with Crippen LogP contribution in [0, 0.1) is 5.92 Å². The Morgan fingerprint density at radius 1 is 1.45 bits per heavy atom. The fourth-order valence-electron chi connectivity index (χ4n) is 2.86. The molecule has 3 heterocycles. The topological polar surface area (TPSA) is 38.6 Å². The number of nitrogens with zero attached hydrogens (tertiary/aromatic N) is 2. The second-order valence-corrected chi connectivity index (χ2v) is 5.89. The van der Waals surface area contributed by atoms with Gasteiger partial charge in [-0.3, -0.25) is 0 Å². The minimum Gasteiger partial charge on any atom is -0.372 e. The SMILES string of the molecule is CC(C)NCC1CCCOC1c1cn2ccccc2n1. The molecule has 1 aliphatic heterocycles. The molecule has 2 atom stereocenters. The molecule has 0 aliphatic carbocycles. The Balaban J connectivity index is 1.81. The second-order valence-electron chi connectivity index (χ2n) is 5.89. The molecule has 1 aliphatic rings. The van der Waals surface area contributed by atoms with Crippen LogP contribution in [0.4, 0.5) is 0 Å². The lowest BCUT2D eigenvalue weighted by Gasteiger charge is -2.31. The Hall–Kier alpha value is -1.39. The van der Waals surface area contributed by atoms with Crippen molar-refractivity contribution in [2.45, 2.75) is 38.8 Å². The lowest BCUT2D eigenvalue weighted by Crippen LogP contribution is -2.35. The summed E-state index contributed by atoms with van der Waals surface area (Å²) in [5.41, 5.74) is 2.05. The van der Waals surface area contributed by atoms with Crippen LogP contribution in [-0.2, 0) is 4.74 Å². The Morgan fingerprint density at radius 3 is 3.15 bits per heavy atom. The van der Waals surface area contributed by atoms with E-state index in [0.717, 1.165) is 30.9 Å². The number of ether oxygens (including phenoxy) is 1. The van der Waals surface area contributed by atoms with Crippen LogP contribution < -0.4 is 5.32 Å². The average molecular weight is 273 g/mol. The first kappa shape index (κ1) is 13.6. The average Bonchev–Trinajstić information content (AvgIpc) is 2.89. The summed E-state index contributed by atoms with van der Waals surface area (Å²) in [5, 5.41) is 3.53. The van der Waals surface area contributed by atoms with Crippen molar-refractivity contribution in [1.29, 1.82) is 0 Å². The summed E-state index contributed by atoms with van der Waals surface area (Å²) in [5.74, 6) is 0.510. The Labute approximate surface area is 120 Å². The number of rotatable bonds is 4. The number of fused-ring (bicyclic) bond motifs is 1. The van der Waals surface area contributed by atoms with Crippen LogP contribution in [0.2, 0.25) is 0 Å². The van der Waals surface area contributed by atoms with Gasteiger partial charge in [0.2, 0.25) is 0 Å². The minimum absolute atomic E-state index is 0.120. The zero-order chi connectivity index (χ0) is 13.9. The van der Waals surface area contributed by atoms with E-state index in [9.17, 15) is 0 Å². The highest BCUT2D eigenvalue weighted by molar-refractivity contribution is 5.39. The van der Waals surface area contributed by atoms with Crippen LogP contribution >= 0.6 is 0 Å². The van der Waals surface area contributed by atoms with Crippen molar-refractivity contribution in [3.63, 3.8) is 0 Å². The van der Waals surface area contributed by atoms with Crippen LogP contribution in [0.5, 0.6) is 0 Å². The molecular weight excluding hydrogens is 250 g/mol. The van der Waals surface area contributed by atoms with Gasteiger partial charge in [0.05, 0.1) is 5.69 Å². The fraction of sp³-hybridized carbons (Fsp3) is 0.562. The molecule has 2 unspecified atom stereocenters. The van der Waals surface area contributed by atoms with E-state index in [0.29, 0.717) is 12.0 Å². The molecule has 1 saturated heterocycles. The van der Waals surface area contributed by atoms with E-state index >= 15 is 0 Å². The van der Waals surface area contributed by atoms with Gasteiger partial charge in [-0.2, -0.15) is 0 Å². The molecule has 3 rings (SSSR count). The monoisotopic (exact) mass is 273 g/mol. The molecule has 0 saturated carbocycles. The van der Waals surface area contributed by atoms with Crippen LogP contribution in [0.25, 0.3) is 5.65 Å². The van der Waals surface area contributed by atoms with E-state index in [-0.39, 0.29) is 6.10 Å². The zero-order valence-electron chi connectivity index (χ0n) is 12.2. The molecule has 1 fully saturated rings. The van der Waals surface area contributed by atoms with Crippen molar-refractivity contribution in [1.82, 2.24) is 14.7 Å². The highest BCUT2D eigenvalue weighted by Gasteiger charge is 2.29. The maximum absolute atomic E-state index is 6.02. The lowest BCUT2D eigenvalue weighted by molar-refractivity contribution is -0.0304. The van der Waals surface area contributed by atoms with E-state index in [1.165, 1.54) is 6.42 Å². The van der Waals surface area contributed by atoms with E-state index in [2.05, 4.69) is 29.8 Å². The van der Waals surface area contributed by atoms with Gasteiger partial charge in [0.25, 0.3) is 0 Å². The number of hydrogen-bond donors (Lipinski definition) is 1. The van der Waals surface area contributed by atoms with Gasteiger partial charge in [-0.25, -0.2) is 4.98 Å². The van der Waals surface area contributed by atoms with Gasteiger partial charge in [-0.15, -0.1) is 0 Å². The molecule has 2 aromatic rings. The Bertz CT molecular complexity index is 531. The maximum Gasteiger partial charge on any atom is 0.137 e. The molecule has 0 aromatic carbocycles. The first-order valence-electron chi connectivity index (χ1n) is 7.52. The molecule has 20 heavy (non-hydrogen) atoms. The summed E-state index contributed by atoms with van der Waals surface area (Å²) in [4.78, 5) is 4.72. The molecule has 108 valence electrons. The highest BCUT2D eigenvalue weighted by Crippen LogP contribution is 2.32. The molecule has 0 spiro atoms. The molecule has 0 amide bonds. The predicted molar refractivity (Wildman–Crippen MR) is 79.7 cm³/mol. The maximum atomic E-state index is 6.02. The van der Waals surface area contributed by atoms with E-state index in [1.54, 1.807) is 0 Å². The third kappa shape index (κ3) is 2.86. The number of imidazole rings is 1. The first-order chi connectivity index (χ1) is 9.74. The van der Waals surface area contributed by atoms with Gasteiger partial charge in [0.1, 0.15) is 11.8 Å². The van der Waals surface area contributed by atoms with Gasteiger partial charge in [-0.1, -0.05) is 19.9 Å². The third-order valence-electron chi connectivity index (χ3n) is 3.91. The summed E-state index contributed by atoms with van der Waals surface area (Å²) in [6.45, 7) is 6.21. The molecule has 0 bridgehead atoms. The van der Waals surface area contributed by atoms with Gasteiger partial charge in [0, 0.05) is 37.5 Å². The Kier molecular flexibility index (Phi) is 4.03. The van der Waals surface area contributed by atoms with Crippen LogP contribution in [0.15, 0.2) is 30.6 Å². The van der Waals surface area contributed by atoms with E-state index < -0.39 is 0 Å². The van der Waals surface area contributed by atoms with Crippen LogP contribution in [0.3, 0.4) is 0 Å². The Morgan fingerprint density at radius 2 is 2.35 bits per heavy atom. The van der Waals surface area contributed by atoms with Crippen molar-refractivity contribution in [3.8, 4) is 0 Å². The minimum atomic E-state index is 0.120. The molecular formula is C16H23N3O. The molecule has 0 radical (unpaired) electrons. The molecule has 4 heteroatoms. The van der Waals surface area contributed by atoms with E-state index in [4.69, 9.17) is 9.72 Å². The molecule has 4 nitrogen and oxygen atoms in total. The highest BCUT2D eigenvalue weighted by atomic mass is 16.5. The van der Waals surface area contributed by atoms with Crippen molar-refractivity contribution in [2.24, 2.45) is 5.92 Å². The first-order valence-corrected chi connectivity index (χ1v) is 7.52. The van der Waals surface area contributed by atoms with Crippen molar-refractivity contribution in [2.75, 3.05) is 13.2 Å². The van der Waals surface area contributed by atoms with Gasteiger partial charge in [0.15, 0.2) is 0 Å². The predicted octanol–water partition coefficient (Wildman–Crippen LogP) is 2.80. The number of nitrogens with one attached hydrogen (secondary N) is 1.